The highest BCUT2D eigenvalue weighted by atomic mass is 16.5. The van der Waals surface area contributed by atoms with E-state index >= 15 is 0 Å². The van der Waals surface area contributed by atoms with Gasteiger partial charge in [-0.15, -0.1) is 4.91 Å². The van der Waals surface area contributed by atoms with E-state index in [1.165, 1.54) is 0 Å². The first-order valence-electron chi connectivity index (χ1n) is 5.86. The Morgan fingerprint density at radius 1 is 1.05 bits per heavy atom. The van der Waals surface area contributed by atoms with Crippen LogP contribution in [0.15, 0.2) is 66.5 Å². The van der Waals surface area contributed by atoms with Gasteiger partial charge in [-0.2, -0.15) is 0 Å². The van der Waals surface area contributed by atoms with Crippen molar-refractivity contribution in [3.05, 3.63) is 66.1 Å². The SMILES string of the molecule is C=CC(=O)Oc1ccc(-c2ccc(NN=O)cc2)cc1. The molecule has 0 fully saturated rings. The first-order valence-corrected chi connectivity index (χ1v) is 5.86. The fourth-order valence-corrected chi connectivity index (χ4v) is 1.66. The van der Waals surface area contributed by atoms with E-state index in [4.69, 9.17) is 4.74 Å². The van der Waals surface area contributed by atoms with Gasteiger partial charge in [-0.3, -0.25) is 0 Å². The van der Waals surface area contributed by atoms with Crippen LogP contribution in [0.4, 0.5) is 5.69 Å². The fourth-order valence-electron chi connectivity index (χ4n) is 1.66. The minimum atomic E-state index is -0.491. The van der Waals surface area contributed by atoms with Gasteiger partial charge in [0, 0.05) is 6.08 Å². The standard InChI is InChI=1S/C15H12N2O3/c1-2-15(18)20-14-9-5-12(6-10-14)11-3-7-13(8-4-11)16-17-19/h2-10H,1H2,(H,16,19). The Kier molecular flexibility index (Phi) is 4.24. The Bertz CT molecular complexity index is 619. The number of nitrogens with zero attached hydrogens (tertiary/aromatic N) is 1. The maximum Gasteiger partial charge on any atom is 0.335 e. The summed E-state index contributed by atoms with van der Waals surface area (Å²) in [5.74, 6) is -0.0309. The summed E-state index contributed by atoms with van der Waals surface area (Å²) in [6.45, 7) is 3.33. The summed E-state index contributed by atoms with van der Waals surface area (Å²) >= 11 is 0. The van der Waals surface area contributed by atoms with Gasteiger partial charge in [0.2, 0.25) is 0 Å². The summed E-state index contributed by atoms with van der Waals surface area (Å²) in [4.78, 5) is 21.1. The molecule has 5 heteroatoms. The van der Waals surface area contributed by atoms with Gasteiger partial charge in [0.25, 0.3) is 0 Å². The topological polar surface area (TPSA) is 67.8 Å². The maximum atomic E-state index is 11.1. The molecule has 100 valence electrons. The second kappa shape index (κ2) is 6.29. The molecule has 0 saturated carbocycles. The second-order valence-corrected chi connectivity index (χ2v) is 3.93. The second-order valence-electron chi connectivity index (χ2n) is 3.93. The minimum absolute atomic E-state index is 0.460. The molecular formula is C15H12N2O3. The van der Waals surface area contributed by atoms with E-state index in [0.29, 0.717) is 11.4 Å². The largest absolute Gasteiger partial charge is 0.423 e. The predicted octanol–water partition coefficient (Wildman–Crippen LogP) is 3.54. The Labute approximate surface area is 115 Å². The molecule has 1 N–H and O–H groups in total. The average Bonchev–Trinajstić information content (AvgIpc) is 2.49. The lowest BCUT2D eigenvalue weighted by atomic mass is 10.1. The molecule has 0 bridgehead atoms. The van der Waals surface area contributed by atoms with E-state index in [0.717, 1.165) is 17.2 Å². The van der Waals surface area contributed by atoms with Crippen molar-refractivity contribution in [3.8, 4) is 16.9 Å². The number of carbonyl (C=O) groups excluding carboxylic acids is 1. The number of anilines is 1. The summed E-state index contributed by atoms with van der Waals surface area (Å²) in [6.07, 6.45) is 1.11. The number of rotatable bonds is 5. The molecule has 0 radical (unpaired) electrons. The lowest BCUT2D eigenvalue weighted by Crippen LogP contribution is -2.02. The summed E-state index contributed by atoms with van der Waals surface area (Å²) in [6, 6.07) is 14.3. The van der Waals surface area contributed by atoms with Crippen molar-refractivity contribution in [2.75, 3.05) is 5.43 Å². The lowest BCUT2D eigenvalue weighted by Gasteiger charge is -2.05. The zero-order chi connectivity index (χ0) is 14.4. The molecule has 0 aliphatic heterocycles. The van der Waals surface area contributed by atoms with Gasteiger partial charge in [-0.1, -0.05) is 30.8 Å². The molecule has 2 rings (SSSR count). The van der Waals surface area contributed by atoms with Gasteiger partial charge in [0.15, 0.2) is 0 Å². The van der Waals surface area contributed by atoms with Gasteiger partial charge in [-0.25, -0.2) is 10.2 Å². The number of nitrogens with one attached hydrogen (secondary N) is 1. The molecule has 0 unspecified atom stereocenters. The highest BCUT2D eigenvalue weighted by Gasteiger charge is 2.02. The third-order valence-electron chi connectivity index (χ3n) is 2.63. The van der Waals surface area contributed by atoms with Crippen molar-refractivity contribution in [1.29, 1.82) is 0 Å². The third kappa shape index (κ3) is 3.29. The summed E-state index contributed by atoms with van der Waals surface area (Å²) in [5.41, 5.74) is 4.89. The Morgan fingerprint density at radius 3 is 2.10 bits per heavy atom. The van der Waals surface area contributed by atoms with Crippen LogP contribution in [0.3, 0.4) is 0 Å². The van der Waals surface area contributed by atoms with Crippen LogP contribution in [0.25, 0.3) is 11.1 Å². The summed E-state index contributed by atoms with van der Waals surface area (Å²) < 4.78 is 4.99. The van der Waals surface area contributed by atoms with Crippen molar-refractivity contribution in [3.63, 3.8) is 0 Å². The molecule has 0 atom stereocenters. The van der Waals surface area contributed by atoms with Gasteiger partial charge < -0.3 is 4.74 Å². The summed E-state index contributed by atoms with van der Waals surface area (Å²) in [7, 11) is 0. The van der Waals surface area contributed by atoms with Gasteiger partial charge in [-0.05, 0) is 35.4 Å². The van der Waals surface area contributed by atoms with Crippen molar-refractivity contribution in [1.82, 2.24) is 0 Å². The van der Waals surface area contributed by atoms with Crippen LogP contribution >= 0.6 is 0 Å². The molecule has 0 saturated heterocycles. The highest BCUT2D eigenvalue weighted by molar-refractivity contribution is 5.83. The lowest BCUT2D eigenvalue weighted by molar-refractivity contribution is -0.128. The van der Waals surface area contributed by atoms with E-state index < -0.39 is 5.97 Å². The van der Waals surface area contributed by atoms with E-state index in [9.17, 15) is 9.70 Å². The quantitative estimate of drug-likeness (QED) is 0.296. The van der Waals surface area contributed by atoms with Crippen LogP contribution in [-0.4, -0.2) is 5.97 Å². The van der Waals surface area contributed by atoms with E-state index in [1.54, 1.807) is 24.3 Å². The monoisotopic (exact) mass is 268 g/mol. The molecule has 20 heavy (non-hydrogen) atoms. The molecule has 0 spiro atoms. The molecular weight excluding hydrogens is 256 g/mol. The predicted molar refractivity (Wildman–Crippen MR) is 77.1 cm³/mol. The van der Waals surface area contributed by atoms with Crippen LogP contribution in [-0.2, 0) is 4.79 Å². The smallest absolute Gasteiger partial charge is 0.335 e. The zero-order valence-corrected chi connectivity index (χ0v) is 10.6. The van der Waals surface area contributed by atoms with Crippen LogP contribution in [0.2, 0.25) is 0 Å². The minimum Gasteiger partial charge on any atom is -0.423 e. The number of hydrogen-bond acceptors (Lipinski definition) is 4. The number of nitroso groups, excluding NO2 is 1. The molecule has 0 amide bonds. The molecule has 0 aromatic heterocycles. The van der Waals surface area contributed by atoms with Crippen molar-refractivity contribution < 1.29 is 9.53 Å². The summed E-state index contributed by atoms with van der Waals surface area (Å²) in [5, 5.41) is 2.60. The van der Waals surface area contributed by atoms with Crippen molar-refractivity contribution in [2.24, 2.45) is 5.29 Å². The number of hydrogen-bond donors (Lipinski definition) is 1. The number of esters is 1. The van der Waals surface area contributed by atoms with Crippen LogP contribution in [0, 0.1) is 4.91 Å². The Morgan fingerprint density at radius 2 is 1.60 bits per heavy atom. The molecule has 2 aromatic rings. The molecule has 2 aromatic carbocycles. The Balaban J connectivity index is 2.14. The fraction of sp³-hybridized carbons (Fsp3) is 0. The van der Waals surface area contributed by atoms with Gasteiger partial charge in [0.1, 0.15) is 5.75 Å². The van der Waals surface area contributed by atoms with Crippen LogP contribution in [0.5, 0.6) is 5.75 Å². The zero-order valence-electron chi connectivity index (χ0n) is 10.6. The molecule has 5 nitrogen and oxygen atoms in total. The number of benzene rings is 2. The highest BCUT2D eigenvalue weighted by Crippen LogP contribution is 2.24. The molecule has 0 aliphatic carbocycles. The first-order chi connectivity index (χ1) is 9.72. The van der Waals surface area contributed by atoms with Crippen molar-refractivity contribution >= 4 is 11.7 Å². The number of ether oxygens (including phenoxy) is 1. The van der Waals surface area contributed by atoms with E-state index in [1.807, 2.05) is 24.3 Å². The Hall–Kier alpha value is -2.95. The average molecular weight is 268 g/mol. The molecule has 0 heterocycles. The van der Waals surface area contributed by atoms with Crippen LogP contribution < -0.4 is 10.2 Å². The molecule has 0 aliphatic rings. The van der Waals surface area contributed by atoms with E-state index in [2.05, 4.69) is 17.3 Å². The van der Waals surface area contributed by atoms with Crippen molar-refractivity contribution in [2.45, 2.75) is 0 Å². The first kappa shape index (κ1) is 13.5. The van der Waals surface area contributed by atoms with Gasteiger partial charge >= 0.3 is 5.97 Å². The van der Waals surface area contributed by atoms with Crippen LogP contribution in [0.1, 0.15) is 0 Å². The normalized spacial score (nSPS) is 9.60. The number of carbonyl (C=O) groups is 1. The van der Waals surface area contributed by atoms with E-state index in [-0.39, 0.29) is 0 Å². The maximum absolute atomic E-state index is 11.1. The third-order valence-corrected chi connectivity index (χ3v) is 2.63. The van der Waals surface area contributed by atoms with Gasteiger partial charge in [0.05, 0.1) is 11.0 Å².